The molecule has 2 heteroatoms. The van der Waals surface area contributed by atoms with E-state index >= 15 is 0 Å². The average Bonchev–Trinajstić information content (AvgIpc) is 3.08. The molecule has 0 atom stereocenters. The van der Waals surface area contributed by atoms with Gasteiger partial charge >= 0.3 is 0 Å². The van der Waals surface area contributed by atoms with Crippen LogP contribution in [0.15, 0.2) is 24.3 Å². The molecule has 0 amide bonds. The molecule has 96 valence electrons. The standard InChI is InChI=1S/C16H20ClN/c17-14-6-7-15(12-4-2-1-3-5-12)13(10-14)11-16(18)8-9-16/h4,6-7,10H,1-3,5,8-9,11,18H2. The molecule has 0 bridgehead atoms. The predicted octanol–water partition coefficient (Wildman–Crippen LogP) is 4.33. The van der Waals surface area contributed by atoms with Crippen LogP contribution in [0.1, 0.15) is 49.7 Å². The second-order valence-corrected chi connectivity index (χ2v) is 6.25. The highest BCUT2D eigenvalue weighted by atomic mass is 35.5. The largest absolute Gasteiger partial charge is 0.325 e. The first-order valence-electron chi connectivity index (χ1n) is 6.93. The normalized spacial score (nSPS) is 21.6. The Morgan fingerprint density at radius 1 is 1.22 bits per heavy atom. The lowest BCUT2D eigenvalue weighted by atomic mass is 9.88. The van der Waals surface area contributed by atoms with Crippen LogP contribution in [0, 0.1) is 0 Å². The van der Waals surface area contributed by atoms with Crippen LogP contribution in [0.25, 0.3) is 5.57 Å². The van der Waals surface area contributed by atoms with Gasteiger partial charge in [0.25, 0.3) is 0 Å². The fourth-order valence-electron chi connectivity index (χ4n) is 2.82. The molecule has 1 aromatic carbocycles. The zero-order valence-corrected chi connectivity index (χ0v) is 11.5. The lowest BCUT2D eigenvalue weighted by Crippen LogP contribution is -2.25. The van der Waals surface area contributed by atoms with Crippen molar-refractivity contribution in [2.45, 2.75) is 50.5 Å². The molecule has 1 aromatic rings. The van der Waals surface area contributed by atoms with Gasteiger partial charge in [0.2, 0.25) is 0 Å². The molecule has 0 radical (unpaired) electrons. The van der Waals surface area contributed by atoms with Gasteiger partial charge in [0, 0.05) is 10.6 Å². The highest BCUT2D eigenvalue weighted by molar-refractivity contribution is 6.30. The van der Waals surface area contributed by atoms with Crippen molar-refractivity contribution in [2.75, 3.05) is 0 Å². The Morgan fingerprint density at radius 3 is 2.72 bits per heavy atom. The van der Waals surface area contributed by atoms with E-state index in [9.17, 15) is 0 Å². The van der Waals surface area contributed by atoms with E-state index in [0.29, 0.717) is 0 Å². The van der Waals surface area contributed by atoms with E-state index in [1.54, 1.807) is 0 Å². The summed E-state index contributed by atoms with van der Waals surface area (Å²) in [5.41, 5.74) is 10.5. The van der Waals surface area contributed by atoms with Gasteiger partial charge < -0.3 is 5.73 Å². The third kappa shape index (κ3) is 2.62. The van der Waals surface area contributed by atoms with Crippen LogP contribution < -0.4 is 5.73 Å². The van der Waals surface area contributed by atoms with Crippen molar-refractivity contribution in [1.29, 1.82) is 0 Å². The minimum atomic E-state index is 0.0503. The number of rotatable bonds is 3. The maximum absolute atomic E-state index is 6.26. The first-order chi connectivity index (χ1) is 8.66. The van der Waals surface area contributed by atoms with E-state index in [1.807, 2.05) is 6.07 Å². The van der Waals surface area contributed by atoms with E-state index in [2.05, 4.69) is 18.2 Å². The van der Waals surface area contributed by atoms with Crippen LogP contribution in [-0.4, -0.2) is 5.54 Å². The molecule has 1 saturated carbocycles. The van der Waals surface area contributed by atoms with Crippen molar-refractivity contribution in [2.24, 2.45) is 5.73 Å². The second-order valence-electron chi connectivity index (χ2n) is 5.82. The van der Waals surface area contributed by atoms with Crippen molar-refractivity contribution < 1.29 is 0 Å². The molecule has 0 saturated heterocycles. The van der Waals surface area contributed by atoms with E-state index in [-0.39, 0.29) is 5.54 Å². The molecule has 0 heterocycles. The minimum absolute atomic E-state index is 0.0503. The van der Waals surface area contributed by atoms with Gasteiger partial charge in [0.15, 0.2) is 0 Å². The van der Waals surface area contributed by atoms with Crippen LogP contribution in [-0.2, 0) is 6.42 Å². The van der Waals surface area contributed by atoms with Crippen LogP contribution in [0.5, 0.6) is 0 Å². The van der Waals surface area contributed by atoms with Crippen LogP contribution in [0.2, 0.25) is 5.02 Å². The summed E-state index contributed by atoms with van der Waals surface area (Å²) in [7, 11) is 0. The summed E-state index contributed by atoms with van der Waals surface area (Å²) in [6.07, 6.45) is 10.7. The summed E-state index contributed by atoms with van der Waals surface area (Å²) in [4.78, 5) is 0. The molecular weight excluding hydrogens is 242 g/mol. The summed E-state index contributed by atoms with van der Waals surface area (Å²) in [5, 5.41) is 0.828. The lowest BCUT2D eigenvalue weighted by molar-refractivity contribution is 0.669. The molecule has 1 nitrogen and oxygen atoms in total. The summed E-state index contributed by atoms with van der Waals surface area (Å²) in [6.45, 7) is 0. The Bertz CT molecular complexity index is 486. The fourth-order valence-corrected chi connectivity index (χ4v) is 3.02. The SMILES string of the molecule is NC1(Cc2cc(Cl)ccc2C2=CCCCC2)CC1. The van der Waals surface area contributed by atoms with Gasteiger partial charge in [0.05, 0.1) is 0 Å². The van der Waals surface area contributed by atoms with Gasteiger partial charge in [-0.1, -0.05) is 23.7 Å². The lowest BCUT2D eigenvalue weighted by Gasteiger charge is -2.19. The molecule has 0 aliphatic heterocycles. The Hall–Kier alpha value is -0.790. The van der Waals surface area contributed by atoms with Gasteiger partial charge in [-0.15, -0.1) is 0 Å². The Balaban J connectivity index is 1.94. The summed E-state index contributed by atoms with van der Waals surface area (Å²) < 4.78 is 0. The first kappa shape index (κ1) is 12.3. The zero-order chi connectivity index (χ0) is 12.6. The summed E-state index contributed by atoms with van der Waals surface area (Å²) >= 11 is 6.14. The minimum Gasteiger partial charge on any atom is -0.325 e. The van der Waals surface area contributed by atoms with Gasteiger partial charge in [-0.25, -0.2) is 0 Å². The van der Waals surface area contributed by atoms with Crippen LogP contribution >= 0.6 is 11.6 Å². The van der Waals surface area contributed by atoms with E-state index < -0.39 is 0 Å². The number of nitrogens with two attached hydrogens (primary N) is 1. The van der Waals surface area contributed by atoms with Gasteiger partial charge in [-0.2, -0.15) is 0 Å². The molecule has 3 rings (SSSR count). The average molecular weight is 262 g/mol. The number of allylic oxidation sites excluding steroid dienone is 2. The third-order valence-electron chi connectivity index (χ3n) is 4.14. The Morgan fingerprint density at radius 2 is 2.06 bits per heavy atom. The zero-order valence-electron chi connectivity index (χ0n) is 10.7. The van der Waals surface area contributed by atoms with E-state index in [1.165, 1.54) is 42.4 Å². The molecular formula is C16H20ClN. The first-order valence-corrected chi connectivity index (χ1v) is 7.31. The monoisotopic (exact) mass is 261 g/mol. The number of hydrogen-bond donors (Lipinski definition) is 1. The molecule has 0 unspecified atom stereocenters. The Kier molecular flexibility index (Phi) is 3.21. The molecule has 1 fully saturated rings. The van der Waals surface area contributed by atoms with Crippen molar-refractivity contribution >= 4 is 17.2 Å². The summed E-state index contributed by atoms with van der Waals surface area (Å²) in [6, 6.07) is 6.30. The molecule has 0 aromatic heterocycles. The number of hydrogen-bond acceptors (Lipinski definition) is 1. The van der Waals surface area contributed by atoms with Crippen molar-refractivity contribution in [1.82, 2.24) is 0 Å². The highest BCUT2D eigenvalue weighted by Gasteiger charge is 2.38. The summed E-state index contributed by atoms with van der Waals surface area (Å²) in [5.74, 6) is 0. The number of halogens is 1. The van der Waals surface area contributed by atoms with Crippen molar-refractivity contribution in [3.63, 3.8) is 0 Å². The molecule has 2 aliphatic carbocycles. The number of benzene rings is 1. The van der Waals surface area contributed by atoms with E-state index in [4.69, 9.17) is 17.3 Å². The molecule has 2 aliphatic rings. The Labute approximate surface area is 114 Å². The predicted molar refractivity (Wildman–Crippen MR) is 77.8 cm³/mol. The third-order valence-corrected chi connectivity index (χ3v) is 4.37. The fraction of sp³-hybridized carbons (Fsp3) is 0.500. The quantitative estimate of drug-likeness (QED) is 0.861. The molecule has 0 spiro atoms. The van der Waals surface area contributed by atoms with Crippen LogP contribution in [0.4, 0.5) is 0 Å². The van der Waals surface area contributed by atoms with E-state index in [0.717, 1.165) is 24.3 Å². The van der Waals surface area contributed by atoms with Gasteiger partial charge in [-0.3, -0.25) is 0 Å². The van der Waals surface area contributed by atoms with Crippen molar-refractivity contribution in [3.8, 4) is 0 Å². The molecule has 18 heavy (non-hydrogen) atoms. The van der Waals surface area contributed by atoms with Crippen LogP contribution in [0.3, 0.4) is 0 Å². The van der Waals surface area contributed by atoms with Gasteiger partial charge in [0.1, 0.15) is 0 Å². The highest BCUT2D eigenvalue weighted by Crippen LogP contribution is 2.39. The molecule has 2 N–H and O–H groups in total. The smallest absolute Gasteiger partial charge is 0.0409 e. The maximum atomic E-state index is 6.26. The maximum Gasteiger partial charge on any atom is 0.0409 e. The topological polar surface area (TPSA) is 26.0 Å². The van der Waals surface area contributed by atoms with Crippen molar-refractivity contribution in [3.05, 3.63) is 40.4 Å². The van der Waals surface area contributed by atoms with Gasteiger partial charge in [-0.05, 0) is 73.8 Å². The second kappa shape index (κ2) is 4.71.